The van der Waals surface area contributed by atoms with Crippen molar-refractivity contribution in [3.05, 3.63) is 63.7 Å². The Labute approximate surface area is 341 Å². The summed E-state index contributed by atoms with van der Waals surface area (Å²) in [5.74, 6) is 0.329. The molecule has 10 rings (SSSR count). The van der Waals surface area contributed by atoms with Crippen LogP contribution >= 0.6 is 0 Å². The normalized spacial score (nSPS) is 31.2. The van der Waals surface area contributed by atoms with E-state index >= 15 is 0 Å². The van der Waals surface area contributed by atoms with Crippen LogP contribution in [-0.4, -0.2) is 81.6 Å². The van der Waals surface area contributed by atoms with Gasteiger partial charge >= 0.3 is 0 Å². The number of imide groups is 1. The first kappa shape index (κ1) is 38.7. The second-order valence-electron chi connectivity index (χ2n) is 19.8. The highest BCUT2D eigenvalue weighted by Crippen LogP contribution is 2.60. The number of carbonyl (C=O) groups excluding carboxylic acids is 5. The average Bonchev–Trinajstić information content (AvgIpc) is 3.78. The molecule has 2 bridgehead atoms. The fourth-order valence-corrected chi connectivity index (χ4v) is 12.4. The summed E-state index contributed by atoms with van der Waals surface area (Å²) in [4.78, 5) is 72.3. The summed E-state index contributed by atoms with van der Waals surface area (Å²) in [6.45, 7) is 14.0. The van der Waals surface area contributed by atoms with Gasteiger partial charge in [-0.05, 0) is 111 Å². The quantitative estimate of drug-likeness (QED) is 0.360. The van der Waals surface area contributed by atoms with Gasteiger partial charge in [0.1, 0.15) is 17.9 Å². The molecule has 5 amide bonds. The molecule has 0 aromatic heterocycles. The predicted octanol–water partition coefficient (Wildman–Crippen LogP) is 5.27. The molecule has 4 saturated carbocycles. The minimum absolute atomic E-state index is 0.0648. The molecule has 2 aromatic rings. The molecule has 6 fully saturated rings. The van der Waals surface area contributed by atoms with Crippen molar-refractivity contribution in [1.29, 1.82) is 5.26 Å². The van der Waals surface area contributed by atoms with Crippen LogP contribution in [0.25, 0.3) is 0 Å². The van der Waals surface area contributed by atoms with Gasteiger partial charge in [0.05, 0.1) is 11.6 Å². The fraction of sp³-hybridized carbons (Fsp3) is 0.609. The summed E-state index contributed by atoms with van der Waals surface area (Å²) >= 11 is 0. The number of carbonyl (C=O) groups is 5. The van der Waals surface area contributed by atoms with Gasteiger partial charge in [-0.25, -0.2) is 0 Å². The summed E-state index contributed by atoms with van der Waals surface area (Å²) in [6.07, 6.45) is 6.79. The van der Waals surface area contributed by atoms with Crippen LogP contribution in [0.1, 0.15) is 130 Å². The zero-order chi connectivity index (χ0) is 40.9. The van der Waals surface area contributed by atoms with Crippen LogP contribution in [0.3, 0.4) is 0 Å². The molecule has 0 radical (unpaired) electrons. The first-order valence-corrected chi connectivity index (χ1v) is 21.4. The maximum atomic E-state index is 14.3. The Bertz CT molecular complexity index is 2120. The van der Waals surface area contributed by atoms with E-state index in [9.17, 15) is 29.2 Å². The van der Waals surface area contributed by atoms with E-state index in [1.165, 1.54) is 5.56 Å². The van der Waals surface area contributed by atoms with Crippen molar-refractivity contribution in [2.45, 2.75) is 143 Å². The van der Waals surface area contributed by atoms with Gasteiger partial charge in [0.25, 0.3) is 5.91 Å². The van der Waals surface area contributed by atoms with E-state index in [0.717, 1.165) is 100.0 Å². The molecule has 12 nitrogen and oxygen atoms in total. The third-order valence-electron chi connectivity index (χ3n) is 15.7. The Morgan fingerprint density at radius 2 is 1.48 bits per heavy atom. The number of aryl methyl sites for hydroxylation is 1. The van der Waals surface area contributed by atoms with Gasteiger partial charge in [0.15, 0.2) is 0 Å². The van der Waals surface area contributed by atoms with Crippen molar-refractivity contribution in [3.8, 4) is 11.8 Å². The van der Waals surface area contributed by atoms with E-state index in [-0.39, 0.29) is 64.3 Å². The third-order valence-corrected chi connectivity index (χ3v) is 15.7. The maximum absolute atomic E-state index is 14.3. The van der Waals surface area contributed by atoms with Gasteiger partial charge in [-0.15, -0.1) is 0 Å². The first-order chi connectivity index (χ1) is 27.5. The van der Waals surface area contributed by atoms with Crippen molar-refractivity contribution in [1.82, 2.24) is 25.3 Å². The molecule has 58 heavy (non-hydrogen) atoms. The SMILES string of the molecule is Cc1cc(O[C@H]2C(C)(C)[C@H](NC(=O)C34CCC(C(=O)N5CCC(N6Cc7cc8c(cc7C6)C(=O)N(C6CCC(=O)NC6=O)C8)CC5)(CC3)CC4)C2(C)C)ccc1C#N. The number of amides is 5. The molecule has 8 aliphatic rings. The molecule has 1 atom stereocenters. The second-order valence-corrected chi connectivity index (χ2v) is 19.8. The minimum Gasteiger partial charge on any atom is -0.489 e. The number of rotatable bonds is 7. The standard InChI is InChI=1S/C46H56N6O6/c1-27-20-33(7-6-28(27)23-47)58-40-43(2,3)39(44(40,4)5)49-41(56)45-12-15-46(16-13-45,17-14-45)42(57)50-18-10-32(11-19-50)51-24-29-21-31-26-52(35-8-9-36(53)48-37(35)54)38(55)34(31)22-30(29)25-51/h6-7,20-22,32,35,39-40H,8-19,24-26H2,1-5H3,(H,49,56)(H,48,53,54)/t35?,39-,40-,45?,46?. The molecule has 4 aliphatic heterocycles. The summed E-state index contributed by atoms with van der Waals surface area (Å²) in [6, 6.07) is 11.6. The lowest BCUT2D eigenvalue weighted by Crippen LogP contribution is -2.75. The summed E-state index contributed by atoms with van der Waals surface area (Å²) in [5.41, 5.74) is 4.10. The van der Waals surface area contributed by atoms with Crippen LogP contribution in [0, 0.1) is 39.9 Å². The predicted molar refractivity (Wildman–Crippen MR) is 214 cm³/mol. The van der Waals surface area contributed by atoms with Gasteiger partial charge in [0.2, 0.25) is 23.6 Å². The largest absolute Gasteiger partial charge is 0.489 e. The molecule has 0 spiro atoms. The Kier molecular flexibility index (Phi) is 9.12. The monoisotopic (exact) mass is 788 g/mol. The molecule has 2 saturated heterocycles. The van der Waals surface area contributed by atoms with Gasteiger partial charge in [-0.3, -0.25) is 34.2 Å². The number of nitrogens with zero attached hydrogens (tertiary/aromatic N) is 4. The highest BCUT2D eigenvalue weighted by atomic mass is 16.5. The van der Waals surface area contributed by atoms with Crippen LogP contribution in [0.15, 0.2) is 30.3 Å². The Morgan fingerprint density at radius 1 is 0.845 bits per heavy atom. The molecule has 2 N–H and O–H groups in total. The maximum Gasteiger partial charge on any atom is 0.255 e. The Morgan fingerprint density at radius 3 is 2.10 bits per heavy atom. The zero-order valence-corrected chi connectivity index (χ0v) is 34.5. The Hall–Kier alpha value is -4.76. The smallest absolute Gasteiger partial charge is 0.255 e. The minimum atomic E-state index is -0.611. The van der Waals surface area contributed by atoms with E-state index in [4.69, 9.17) is 4.74 Å². The third kappa shape index (κ3) is 6.05. The highest BCUT2D eigenvalue weighted by Gasteiger charge is 2.65. The van der Waals surface area contributed by atoms with E-state index in [0.29, 0.717) is 30.1 Å². The van der Waals surface area contributed by atoms with E-state index in [1.807, 2.05) is 25.1 Å². The number of fused-ring (bicyclic) bond motifs is 5. The van der Waals surface area contributed by atoms with E-state index < -0.39 is 11.5 Å². The molecule has 4 aliphatic carbocycles. The molecule has 4 heterocycles. The van der Waals surface area contributed by atoms with Crippen molar-refractivity contribution in [3.63, 3.8) is 0 Å². The number of nitriles is 1. The van der Waals surface area contributed by atoms with Crippen LogP contribution < -0.4 is 15.4 Å². The van der Waals surface area contributed by atoms with Crippen LogP contribution in [0.2, 0.25) is 0 Å². The van der Waals surface area contributed by atoms with E-state index in [2.05, 4.69) is 60.3 Å². The summed E-state index contributed by atoms with van der Waals surface area (Å²) < 4.78 is 6.53. The first-order valence-electron chi connectivity index (χ1n) is 21.4. The number of hydrogen-bond acceptors (Lipinski definition) is 8. The lowest BCUT2D eigenvalue weighted by molar-refractivity contribution is -0.181. The average molecular weight is 789 g/mol. The van der Waals surface area contributed by atoms with Crippen molar-refractivity contribution < 1.29 is 28.7 Å². The number of likely N-dealkylation sites (tertiary alicyclic amines) is 1. The summed E-state index contributed by atoms with van der Waals surface area (Å²) in [7, 11) is 0. The highest BCUT2D eigenvalue weighted by molar-refractivity contribution is 6.05. The topological polar surface area (TPSA) is 152 Å². The van der Waals surface area contributed by atoms with Gasteiger partial charge in [-0.2, -0.15) is 5.26 Å². The van der Waals surface area contributed by atoms with Crippen LogP contribution in [0.5, 0.6) is 5.75 Å². The molecular weight excluding hydrogens is 733 g/mol. The molecule has 2 aromatic carbocycles. The number of ether oxygens (including phenoxy) is 1. The Balaban J connectivity index is 0.768. The number of piperidine rings is 2. The molecule has 306 valence electrons. The van der Waals surface area contributed by atoms with Crippen molar-refractivity contribution >= 4 is 29.5 Å². The number of benzene rings is 2. The van der Waals surface area contributed by atoms with Gasteiger partial charge < -0.3 is 19.9 Å². The van der Waals surface area contributed by atoms with Crippen molar-refractivity contribution in [2.75, 3.05) is 13.1 Å². The molecule has 1 unspecified atom stereocenters. The number of hydrogen-bond donors (Lipinski definition) is 2. The fourth-order valence-electron chi connectivity index (χ4n) is 12.4. The lowest BCUT2D eigenvalue weighted by atomic mass is 9.48. The molecular formula is C46H56N6O6. The zero-order valence-electron chi connectivity index (χ0n) is 34.5. The lowest BCUT2D eigenvalue weighted by Gasteiger charge is -2.64. The second kappa shape index (κ2) is 13.7. The van der Waals surface area contributed by atoms with E-state index in [1.54, 1.807) is 11.0 Å². The summed E-state index contributed by atoms with van der Waals surface area (Å²) in [5, 5.41) is 15.2. The van der Waals surface area contributed by atoms with Crippen LogP contribution in [0.4, 0.5) is 0 Å². The van der Waals surface area contributed by atoms with Crippen LogP contribution in [-0.2, 0) is 38.8 Å². The van der Waals surface area contributed by atoms with Crippen molar-refractivity contribution in [2.24, 2.45) is 21.7 Å². The number of nitrogens with one attached hydrogen (secondary N) is 2. The van der Waals surface area contributed by atoms with Gasteiger partial charge in [0, 0.05) is 78.5 Å². The molecule has 12 heteroatoms. The van der Waals surface area contributed by atoms with Gasteiger partial charge in [-0.1, -0.05) is 33.8 Å².